The number of nitrogens with one attached hydrogen (secondary N) is 1. The summed E-state index contributed by atoms with van der Waals surface area (Å²) >= 11 is 0. The number of carbonyl (C=O) groups is 1. The molecule has 138 valence electrons. The summed E-state index contributed by atoms with van der Waals surface area (Å²) in [5.74, 6) is 2.64. The second kappa shape index (κ2) is 7.86. The minimum Gasteiger partial charge on any atom is -0.493 e. The second-order valence-corrected chi connectivity index (χ2v) is 5.62. The van der Waals surface area contributed by atoms with Crippen molar-refractivity contribution in [3.8, 4) is 28.7 Å². The number of carbonyl (C=O) groups excluding carboxylic acids is 1. The average molecular weight is 359 g/mol. The number of hydrogen-bond acceptors (Lipinski definition) is 6. The van der Waals surface area contributed by atoms with Crippen molar-refractivity contribution >= 4 is 11.6 Å². The van der Waals surface area contributed by atoms with Crippen LogP contribution in [-0.2, 0) is 11.2 Å². The van der Waals surface area contributed by atoms with Crippen LogP contribution in [0.5, 0.6) is 28.7 Å². The maximum atomic E-state index is 12.4. The quantitative estimate of drug-likeness (QED) is 0.855. The summed E-state index contributed by atoms with van der Waals surface area (Å²) in [5, 5.41) is 2.86. The lowest BCUT2D eigenvalue weighted by molar-refractivity contribution is -0.115. The molecule has 1 heterocycles. The summed E-state index contributed by atoms with van der Waals surface area (Å²) in [6, 6.07) is 8.82. The summed E-state index contributed by atoms with van der Waals surface area (Å²) < 4.78 is 26.9. The number of methoxy groups -OCH3 is 3. The Labute approximate surface area is 151 Å². The third kappa shape index (κ3) is 3.77. The van der Waals surface area contributed by atoms with Crippen molar-refractivity contribution in [3.63, 3.8) is 0 Å². The summed E-state index contributed by atoms with van der Waals surface area (Å²) in [5.41, 5.74) is 1.39. The third-order valence-corrected chi connectivity index (χ3v) is 3.92. The van der Waals surface area contributed by atoms with Crippen molar-refractivity contribution in [3.05, 3.63) is 35.9 Å². The first-order chi connectivity index (χ1) is 12.6. The molecule has 1 aliphatic rings. The van der Waals surface area contributed by atoms with E-state index >= 15 is 0 Å². The Hall–Kier alpha value is -3.09. The van der Waals surface area contributed by atoms with Gasteiger partial charge in [0.25, 0.3) is 0 Å². The van der Waals surface area contributed by atoms with E-state index in [0.29, 0.717) is 47.6 Å². The van der Waals surface area contributed by atoms with Gasteiger partial charge in [-0.05, 0) is 29.8 Å². The van der Waals surface area contributed by atoms with Crippen molar-refractivity contribution in [1.82, 2.24) is 0 Å². The van der Waals surface area contributed by atoms with Crippen LogP contribution in [0.1, 0.15) is 5.56 Å². The van der Waals surface area contributed by atoms with Crippen LogP contribution < -0.4 is 29.0 Å². The smallest absolute Gasteiger partial charge is 0.228 e. The zero-order valence-corrected chi connectivity index (χ0v) is 15.0. The maximum absolute atomic E-state index is 12.4. The molecule has 0 aromatic heterocycles. The SMILES string of the molecule is COc1cc(CC(=O)Nc2ccc3c(c2)OCCO3)cc(OC)c1OC. The standard InChI is InChI=1S/C19H21NO6/c1-22-16-8-12(9-17(23-2)19(16)24-3)10-18(21)20-13-4-5-14-15(11-13)26-7-6-25-14/h4-5,8-9,11H,6-7,10H2,1-3H3,(H,20,21). The lowest BCUT2D eigenvalue weighted by atomic mass is 10.1. The molecule has 1 aliphatic heterocycles. The number of anilines is 1. The van der Waals surface area contributed by atoms with E-state index in [0.717, 1.165) is 5.56 Å². The van der Waals surface area contributed by atoms with Crippen molar-refractivity contribution in [1.29, 1.82) is 0 Å². The van der Waals surface area contributed by atoms with E-state index in [2.05, 4.69) is 5.32 Å². The fourth-order valence-corrected chi connectivity index (χ4v) is 2.75. The average Bonchev–Trinajstić information content (AvgIpc) is 2.66. The lowest BCUT2D eigenvalue weighted by Crippen LogP contribution is -2.17. The maximum Gasteiger partial charge on any atom is 0.228 e. The Balaban J connectivity index is 1.74. The zero-order valence-electron chi connectivity index (χ0n) is 15.0. The predicted molar refractivity (Wildman–Crippen MR) is 95.9 cm³/mol. The van der Waals surface area contributed by atoms with E-state index in [9.17, 15) is 4.79 Å². The molecule has 2 aromatic carbocycles. The summed E-state index contributed by atoms with van der Waals surface area (Å²) in [7, 11) is 4.61. The van der Waals surface area contributed by atoms with E-state index in [1.165, 1.54) is 21.3 Å². The number of amides is 1. The molecule has 7 heteroatoms. The van der Waals surface area contributed by atoms with Gasteiger partial charge in [0.2, 0.25) is 11.7 Å². The lowest BCUT2D eigenvalue weighted by Gasteiger charge is -2.19. The fourth-order valence-electron chi connectivity index (χ4n) is 2.75. The highest BCUT2D eigenvalue weighted by atomic mass is 16.6. The normalized spacial score (nSPS) is 12.3. The van der Waals surface area contributed by atoms with E-state index in [1.54, 1.807) is 30.3 Å². The molecule has 7 nitrogen and oxygen atoms in total. The van der Waals surface area contributed by atoms with Crippen LogP contribution in [-0.4, -0.2) is 40.5 Å². The van der Waals surface area contributed by atoms with E-state index < -0.39 is 0 Å². The Kier molecular flexibility index (Phi) is 5.36. The van der Waals surface area contributed by atoms with Crippen LogP contribution in [0.4, 0.5) is 5.69 Å². The van der Waals surface area contributed by atoms with Gasteiger partial charge in [-0.1, -0.05) is 0 Å². The topological polar surface area (TPSA) is 75.3 Å². The third-order valence-electron chi connectivity index (χ3n) is 3.92. The number of hydrogen-bond donors (Lipinski definition) is 1. The molecule has 1 N–H and O–H groups in total. The number of benzene rings is 2. The first-order valence-electron chi connectivity index (χ1n) is 8.13. The zero-order chi connectivity index (χ0) is 18.5. The molecule has 26 heavy (non-hydrogen) atoms. The molecule has 3 rings (SSSR count). The second-order valence-electron chi connectivity index (χ2n) is 5.62. The first kappa shape index (κ1) is 17.7. The molecule has 0 bridgehead atoms. The monoisotopic (exact) mass is 359 g/mol. The number of ether oxygens (including phenoxy) is 5. The highest BCUT2D eigenvalue weighted by Gasteiger charge is 2.16. The minimum absolute atomic E-state index is 0.158. The molecule has 0 spiro atoms. The van der Waals surface area contributed by atoms with Crippen molar-refractivity contribution < 1.29 is 28.5 Å². The van der Waals surface area contributed by atoms with Gasteiger partial charge in [0.05, 0.1) is 27.8 Å². The van der Waals surface area contributed by atoms with Gasteiger partial charge in [-0.2, -0.15) is 0 Å². The molecule has 0 unspecified atom stereocenters. The van der Waals surface area contributed by atoms with Crippen LogP contribution in [0.2, 0.25) is 0 Å². The van der Waals surface area contributed by atoms with Gasteiger partial charge in [-0.15, -0.1) is 0 Å². The molecular weight excluding hydrogens is 338 g/mol. The molecule has 0 aliphatic carbocycles. The molecular formula is C19H21NO6. The largest absolute Gasteiger partial charge is 0.493 e. The molecule has 1 amide bonds. The van der Waals surface area contributed by atoms with Gasteiger partial charge in [0.1, 0.15) is 13.2 Å². The van der Waals surface area contributed by atoms with Gasteiger partial charge in [0, 0.05) is 11.8 Å². The van der Waals surface area contributed by atoms with E-state index in [-0.39, 0.29) is 12.3 Å². The van der Waals surface area contributed by atoms with Gasteiger partial charge in [-0.25, -0.2) is 0 Å². The van der Waals surface area contributed by atoms with Gasteiger partial charge < -0.3 is 29.0 Å². The van der Waals surface area contributed by atoms with Crippen molar-refractivity contribution in [2.45, 2.75) is 6.42 Å². The van der Waals surface area contributed by atoms with Gasteiger partial charge >= 0.3 is 0 Å². The Morgan fingerprint density at radius 2 is 1.62 bits per heavy atom. The Morgan fingerprint density at radius 3 is 2.23 bits per heavy atom. The minimum atomic E-state index is -0.170. The fraction of sp³-hybridized carbons (Fsp3) is 0.316. The molecule has 0 fully saturated rings. The molecule has 0 radical (unpaired) electrons. The van der Waals surface area contributed by atoms with E-state index in [1.807, 2.05) is 0 Å². The van der Waals surface area contributed by atoms with Crippen LogP contribution in [0.25, 0.3) is 0 Å². The molecule has 0 saturated heterocycles. The van der Waals surface area contributed by atoms with Crippen LogP contribution >= 0.6 is 0 Å². The van der Waals surface area contributed by atoms with Crippen LogP contribution in [0, 0.1) is 0 Å². The van der Waals surface area contributed by atoms with Gasteiger partial charge in [0.15, 0.2) is 23.0 Å². The Bertz CT molecular complexity index is 780. The van der Waals surface area contributed by atoms with Crippen molar-refractivity contribution in [2.24, 2.45) is 0 Å². The predicted octanol–water partition coefficient (Wildman–Crippen LogP) is 2.66. The molecule has 0 atom stereocenters. The van der Waals surface area contributed by atoms with Gasteiger partial charge in [-0.3, -0.25) is 4.79 Å². The Morgan fingerprint density at radius 1 is 0.962 bits per heavy atom. The summed E-state index contributed by atoms with van der Waals surface area (Å²) in [6.45, 7) is 1.02. The first-order valence-corrected chi connectivity index (χ1v) is 8.13. The molecule has 2 aromatic rings. The van der Waals surface area contributed by atoms with Crippen LogP contribution in [0.3, 0.4) is 0 Å². The molecule has 0 saturated carbocycles. The van der Waals surface area contributed by atoms with Crippen molar-refractivity contribution in [2.75, 3.05) is 39.9 Å². The summed E-state index contributed by atoms with van der Waals surface area (Å²) in [6.07, 6.45) is 0.158. The highest BCUT2D eigenvalue weighted by Crippen LogP contribution is 2.38. The highest BCUT2D eigenvalue weighted by molar-refractivity contribution is 5.92. The summed E-state index contributed by atoms with van der Waals surface area (Å²) in [4.78, 5) is 12.4. The number of rotatable bonds is 6. The van der Waals surface area contributed by atoms with E-state index in [4.69, 9.17) is 23.7 Å². The number of fused-ring (bicyclic) bond motifs is 1. The van der Waals surface area contributed by atoms with Crippen LogP contribution in [0.15, 0.2) is 30.3 Å².